The van der Waals surface area contributed by atoms with Gasteiger partial charge in [0.2, 0.25) is 21.8 Å². The van der Waals surface area contributed by atoms with Crippen LogP contribution in [0.5, 0.6) is 11.5 Å². The number of hydrogen-bond donors (Lipinski definition) is 1. The zero-order valence-corrected chi connectivity index (χ0v) is 19.7. The molecule has 1 fully saturated rings. The molecule has 0 radical (unpaired) electrons. The highest BCUT2D eigenvalue weighted by Crippen LogP contribution is 2.26. The van der Waals surface area contributed by atoms with Crippen molar-refractivity contribution in [1.29, 1.82) is 0 Å². The Morgan fingerprint density at radius 1 is 1.00 bits per heavy atom. The van der Waals surface area contributed by atoms with Crippen molar-refractivity contribution in [3.05, 3.63) is 60.0 Å². The summed E-state index contributed by atoms with van der Waals surface area (Å²) in [6, 6.07) is 13.8. The van der Waals surface area contributed by atoms with Crippen molar-refractivity contribution in [3.8, 4) is 11.5 Å². The Bertz CT molecular complexity index is 1220. The fraction of sp³-hybridized carbons (Fsp3) is 0.348. The van der Waals surface area contributed by atoms with Gasteiger partial charge in [-0.05, 0) is 54.8 Å². The number of carbonyl (C=O) groups is 1. The van der Waals surface area contributed by atoms with Gasteiger partial charge < -0.3 is 13.9 Å². The molecule has 0 bridgehead atoms. The highest BCUT2D eigenvalue weighted by molar-refractivity contribution is 7.89. The predicted octanol–water partition coefficient (Wildman–Crippen LogP) is 2.72. The molecule has 0 aliphatic carbocycles. The lowest BCUT2D eigenvalue weighted by Gasteiger charge is -2.30. The zero-order chi connectivity index (χ0) is 24.1. The molecule has 1 N–H and O–H groups in total. The van der Waals surface area contributed by atoms with E-state index in [2.05, 4.69) is 15.5 Å². The van der Waals surface area contributed by atoms with Gasteiger partial charge in [0.15, 0.2) is 0 Å². The Labute approximate surface area is 197 Å². The fourth-order valence-corrected chi connectivity index (χ4v) is 5.23. The molecule has 4 rings (SSSR count). The minimum absolute atomic E-state index is 0.0294. The number of rotatable bonds is 8. The van der Waals surface area contributed by atoms with Crippen LogP contribution in [0.2, 0.25) is 0 Å². The standard InChI is InChI=1S/C23H26N4O6S/c1-31-18-5-3-16(4-6-18)15-21-25-26-23(33-21)24-22(28)17-11-13-27(14-12-17)34(29,30)20-9-7-19(32-2)8-10-20/h3-10,17H,11-15H2,1-2H3,(H,24,26,28). The summed E-state index contributed by atoms with van der Waals surface area (Å²) < 4.78 is 43.0. The van der Waals surface area contributed by atoms with E-state index >= 15 is 0 Å². The maximum absolute atomic E-state index is 12.9. The summed E-state index contributed by atoms with van der Waals surface area (Å²) in [4.78, 5) is 12.9. The van der Waals surface area contributed by atoms with Crippen molar-refractivity contribution in [2.75, 3.05) is 32.6 Å². The van der Waals surface area contributed by atoms with Crippen LogP contribution in [-0.2, 0) is 21.2 Å². The number of benzene rings is 2. The van der Waals surface area contributed by atoms with Crippen LogP contribution in [0.3, 0.4) is 0 Å². The van der Waals surface area contributed by atoms with E-state index < -0.39 is 10.0 Å². The van der Waals surface area contributed by atoms with Gasteiger partial charge in [-0.25, -0.2) is 8.42 Å². The average Bonchev–Trinajstić information content (AvgIpc) is 3.31. The molecule has 1 aliphatic heterocycles. The Morgan fingerprint density at radius 3 is 2.18 bits per heavy atom. The summed E-state index contributed by atoms with van der Waals surface area (Å²) >= 11 is 0. The highest BCUT2D eigenvalue weighted by Gasteiger charge is 2.32. The molecular formula is C23H26N4O6S. The molecule has 0 spiro atoms. The van der Waals surface area contributed by atoms with Crippen molar-refractivity contribution >= 4 is 21.9 Å². The molecule has 11 heteroatoms. The lowest BCUT2D eigenvalue weighted by molar-refractivity contribution is -0.121. The van der Waals surface area contributed by atoms with Gasteiger partial charge in [0.05, 0.1) is 25.5 Å². The van der Waals surface area contributed by atoms with Crippen LogP contribution in [0.15, 0.2) is 57.8 Å². The normalized spacial score (nSPS) is 15.1. The van der Waals surface area contributed by atoms with Gasteiger partial charge in [0.1, 0.15) is 11.5 Å². The summed E-state index contributed by atoms with van der Waals surface area (Å²) in [5.74, 6) is 1.11. The van der Waals surface area contributed by atoms with Crippen LogP contribution >= 0.6 is 0 Å². The average molecular weight is 487 g/mol. The van der Waals surface area contributed by atoms with Crippen LogP contribution in [0.4, 0.5) is 6.01 Å². The van der Waals surface area contributed by atoms with Crippen molar-refractivity contribution in [2.45, 2.75) is 24.2 Å². The van der Waals surface area contributed by atoms with E-state index in [0.29, 0.717) is 30.9 Å². The Kier molecular flexibility index (Phi) is 7.13. The smallest absolute Gasteiger partial charge is 0.322 e. The third kappa shape index (κ3) is 5.37. The summed E-state index contributed by atoms with van der Waals surface area (Å²) in [7, 11) is -0.503. The van der Waals surface area contributed by atoms with Crippen LogP contribution in [0.1, 0.15) is 24.3 Å². The molecule has 10 nitrogen and oxygen atoms in total. The predicted molar refractivity (Wildman–Crippen MR) is 123 cm³/mol. The van der Waals surface area contributed by atoms with E-state index in [1.165, 1.54) is 23.5 Å². The minimum atomic E-state index is -3.63. The number of nitrogens with one attached hydrogen (secondary N) is 1. The molecule has 0 saturated carbocycles. The number of ether oxygens (including phenoxy) is 2. The number of nitrogens with zero attached hydrogens (tertiary/aromatic N) is 3. The van der Waals surface area contributed by atoms with Crippen LogP contribution in [-0.4, -0.2) is 56.1 Å². The molecule has 34 heavy (non-hydrogen) atoms. The second-order valence-electron chi connectivity index (χ2n) is 7.87. The number of anilines is 1. The maximum atomic E-state index is 12.9. The Balaban J connectivity index is 1.30. The summed E-state index contributed by atoms with van der Waals surface area (Å²) in [5, 5.41) is 10.5. The zero-order valence-electron chi connectivity index (χ0n) is 18.9. The van der Waals surface area contributed by atoms with Crippen molar-refractivity contribution < 1.29 is 27.1 Å². The number of amides is 1. The lowest BCUT2D eigenvalue weighted by atomic mass is 9.97. The van der Waals surface area contributed by atoms with E-state index in [-0.39, 0.29) is 35.8 Å². The molecular weight excluding hydrogens is 460 g/mol. The third-order valence-corrected chi connectivity index (χ3v) is 7.65. The number of sulfonamides is 1. The summed E-state index contributed by atoms with van der Waals surface area (Å²) in [5.41, 5.74) is 0.966. The van der Waals surface area contributed by atoms with Gasteiger partial charge in [0, 0.05) is 19.0 Å². The fourth-order valence-electron chi connectivity index (χ4n) is 3.76. The molecule has 180 valence electrons. The first kappa shape index (κ1) is 23.7. The lowest BCUT2D eigenvalue weighted by Crippen LogP contribution is -2.41. The second kappa shape index (κ2) is 10.2. The van der Waals surface area contributed by atoms with E-state index in [1.807, 2.05) is 24.3 Å². The van der Waals surface area contributed by atoms with E-state index in [4.69, 9.17) is 13.9 Å². The Hall–Kier alpha value is -3.44. The van der Waals surface area contributed by atoms with Gasteiger partial charge in [0.25, 0.3) is 0 Å². The van der Waals surface area contributed by atoms with Gasteiger partial charge >= 0.3 is 6.01 Å². The van der Waals surface area contributed by atoms with Crippen molar-refractivity contribution in [2.24, 2.45) is 5.92 Å². The van der Waals surface area contributed by atoms with Crippen LogP contribution in [0.25, 0.3) is 0 Å². The number of piperidine rings is 1. The first-order valence-corrected chi connectivity index (χ1v) is 12.2. The third-order valence-electron chi connectivity index (χ3n) is 5.73. The second-order valence-corrected chi connectivity index (χ2v) is 9.81. The number of methoxy groups -OCH3 is 2. The van der Waals surface area contributed by atoms with Crippen molar-refractivity contribution in [1.82, 2.24) is 14.5 Å². The first-order chi connectivity index (χ1) is 16.4. The minimum Gasteiger partial charge on any atom is -0.497 e. The van der Waals surface area contributed by atoms with Crippen LogP contribution < -0.4 is 14.8 Å². The SMILES string of the molecule is COc1ccc(Cc2nnc(NC(=O)C3CCN(S(=O)(=O)c4ccc(OC)cc4)CC3)o2)cc1. The number of carbonyl (C=O) groups excluding carboxylic acids is 1. The molecule has 1 amide bonds. The molecule has 0 atom stereocenters. The largest absolute Gasteiger partial charge is 0.497 e. The first-order valence-electron chi connectivity index (χ1n) is 10.8. The molecule has 1 aliphatic rings. The van der Waals surface area contributed by atoms with Crippen molar-refractivity contribution in [3.63, 3.8) is 0 Å². The highest BCUT2D eigenvalue weighted by atomic mass is 32.2. The van der Waals surface area contributed by atoms with Gasteiger partial charge in [-0.3, -0.25) is 10.1 Å². The van der Waals surface area contributed by atoms with Gasteiger partial charge in [-0.1, -0.05) is 17.2 Å². The maximum Gasteiger partial charge on any atom is 0.322 e. The van der Waals surface area contributed by atoms with Gasteiger partial charge in [-0.15, -0.1) is 5.10 Å². The van der Waals surface area contributed by atoms with Crippen LogP contribution in [0, 0.1) is 5.92 Å². The quantitative estimate of drug-likeness (QED) is 0.515. The summed E-state index contributed by atoms with van der Waals surface area (Å²) in [6.07, 6.45) is 1.22. The summed E-state index contributed by atoms with van der Waals surface area (Å²) in [6.45, 7) is 0.498. The number of aromatic nitrogens is 2. The van der Waals surface area contributed by atoms with E-state index in [9.17, 15) is 13.2 Å². The number of hydrogen-bond acceptors (Lipinski definition) is 8. The molecule has 3 aromatic rings. The van der Waals surface area contributed by atoms with E-state index in [0.717, 1.165) is 11.3 Å². The molecule has 2 heterocycles. The van der Waals surface area contributed by atoms with Gasteiger partial charge in [-0.2, -0.15) is 4.31 Å². The molecule has 1 aromatic heterocycles. The molecule has 1 saturated heterocycles. The van der Waals surface area contributed by atoms with E-state index in [1.54, 1.807) is 19.2 Å². The molecule has 0 unspecified atom stereocenters. The monoisotopic (exact) mass is 486 g/mol. The Morgan fingerprint density at radius 2 is 1.59 bits per heavy atom. The molecule has 2 aromatic carbocycles. The topological polar surface area (TPSA) is 124 Å².